The lowest BCUT2D eigenvalue weighted by atomic mass is 10.1. The van der Waals surface area contributed by atoms with Crippen molar-refractivity contribution in [3.8, 4) is 17.2 Å². The molecule has 3 aromatic rings. The Hall–Kier alpha value is -4.00. The van der Waals surface area contributed by atoms with E-state index >= 15 is 0 Å². The molecule has 0 saturated carbocycles. The molecule has 7 nitrogen and oxygen atoms in total. The van der Waals surface area contributed by atoms with Crippen molar-refractivity contribution in [2.75, 3.05) is 36.6 Å². The third kappa shape index (κ3) is 6.36. The van der Waals surface area contributed by atoms with Crippen molar-refractivity contribution in [3.63, 3.8) is 0 Å². The van der Waals surface area contributed by atoms with Gasteiger partial charge in [0.15, 0.2) is 13.2 Å². The van der Waals surface area contributed by atoms with E-state index in [9.17, 15) is 9.59 Å². The summed E-state index contributed by atoms with van der Waals surface area (Å²) in [5, 5.41) is 2.85. The number of rotatable bonds is 10. The lowest BCUT2D eigenvalue weighted by molar-refractivity contribution is -0.121. The van der Waals surface area contributed by atoms with Crippen LogP contribution in [0.15, 0.2) is 60.7 Å². The standard InChI is InChI=1S/C29H32N2O5/c1-20-8-6-10-24(16-20)34-15-5-4-14-31-25-17-23(12-13-27(25)36-19-29(31)33)30-28(32)18-35-26-11-7-9-21(2)22(26)3/h6-13,16-17H,4-5,14-15,18-19H2,1-3H3,(H,30,32). The molecule has 0 aromatic heterocycles. The van der Waals surface area contributed by atoms with E-state index in [4.69, 9.17) is 14.2 Å². The zero-order valence-electron chi connectivity index (χ0n) is 21.0. The van der Waals surface area contributed by atoms with E-state index in [1.165, 1.54) is 0 Å². The van der Waals surface area contributed by atoms with Crippen LogP contribution in [0.4, 0.5) is 11.4 Å². The number of unbranched alkanes of at least 4 members (excludes halogenated alkanes) is 1. The van der Waals surface area contributed by atoms with Crippen molar-refractivity contribution in [2.24, 2.45) is 0 Å². The summed E-state index contributed by atoms with van der Waals surface area (Å²) in [5.74, 6) is 1.77. The highest BCUT2D eigenvalue weighted by molar-refractivity contribution is 5.99. The van der Waals surface area contributed by atoms with Gasteiger partial charge in [0.25, 0.3) is 11.8 Å². The number of ether oxygens (including phenoxy) is 3. The smallest absolute Gasteiger partial charge is 0.265 e. The summed E-state index contributed by atoms with van der Waals surface area (Å²) >= 11 is 0. The molecule has 0 aliphatic carbocycles. The Kier molecular flexibility index (Phi) is 8.10. The second kappa shape index (κ2) is 11.6. The molecule has 36 heavy (non-hydrogen) atoms. The van der Waals surface area contributed by atoms with Crippen LogP contribution in [0.25, 0.3) is 0 Å². The van der Waals surface area contributed by atoms with Crippen molar-refractivity contribution in [3.05, 3.63) is 77.4 Å². The Balaban J connectivity index is 1.32. The van der Waals surface area contributed by atoms with Crippen LogP contribution in [0.5, 0.6) is 17.2 Å². The molecule has 188 valence electrons. The number of anilines is 2. The average Bonchev–Trinajstić information content (AvgIpc) is 2.86. The molecule has 0 spiro atoms. The van der Waals surface area contributed by atoms with Gasteiger partial charge >= 0.3 is 0 Å². The van der Waals surface area contributed by atoms with Crippen LogP contribution in [0.1, 0.15) is 29.5 Å². The van der Waals surface area contributed by atoms with Crippen LogP contribution in [0, 0.1) is 20.8 Å². The lowest BCUT2D eigenvalue weighted by Crippen LogP contribution is -2.39. The molecule has 1 N–H and O–H groups in total. The SMILES string of the molecule is Cc1cccc(OCCCCN2C(=O)COc3ccc(NC(=O)COc4cccc(C)c4C)cc32)c1. The maximum atomic E-state index is 12.6. The monoisotopic (exact) mass is 488 g/mol. The number of nitrogens with zero attached hydrogens (tertiary/aromatic N) is 1. The van der Waals surface area contributed by atoms with E-state index in [-0.39, 0.29) is 25.0 Å². The van der Waals surface area contributed by atoms with Gasteiger partial charge in [0.05, 0.1) is 12.3 Å². The van der Waals surface area contributed by atoms with Gasteiger partial charge in [-0.2, -0.15) is 0 Å². The van der Waals surface area contributed by atoms with Gasteiger partial charge in [-0.3, -0.25) is 9.59 Å². The highest BCUT2D eigenvalue weighted by Gasteiger charge is 2.25. The van der Waals surface area contributed by atoms with Gasteiger partial charge in [-0.25, -0.2) is 0 Å². The normalized spacial score (nSPS) is 12.5. The molecule has 4 rings (SSSR count). The molecule has 1 aliphatic rings. The fourth-order valence-corrected chi connectivity index (χ4v) is 4.01. The highest BCUT2D eigenvalue weighted by Crippen LogP contribution is 2.35. The number of aryl methyl sites for hydroxylation is 2. The topological polar surface area (TPSA) is 77.1 Å². The van der Waals surface area contributed by atoms with Gasteiger partial charge in [-0.15, -0.1) is 0 Å². The Morgan fingerprint density at radius 2 is 1.83 bits per heavy atom. The second-order valence-electron chi connectivity index (χ2n) is 8.92. The summed E-state index contributed by atoms with van der Waals surface area (Å²) in [6.07, 6.45) is 1.58. The van der Waals surface area contributed by atoms with Crippen LogP contribution in [-0.4, -0.2) is 38.2 Å². The number of hydrogen-bond acceptors (Lipinski definition) is 5. The van der Waals surface area contributed by atoms with E-state index in [1.54, 1.807) is 23.1 Å². The third-order valence-corrected chi connectivity index (χ3v) is 6.13. The van der Waals surface area contributed by atoms with Crippen LogP contribution >= 0.6 is 0 Å². The third-order valence-electron chi connectivity index (χ3n) is 6.13. The quantitative estimate of drug-likeness (QED) is 0.396. The lowest BCUT2D eigenvalue weighted by Gasteiger charge is -2.30. The molecule has 0 radical (unpaired) electrons. The molecule has 0 bridgehead atoms. The van der Waals surface area contributed by atoms with E-state index in [0.29, 0.717) is 36.0 Å². The first-order valence-corrected chi connectivity index (χ1v) is 12.2. The summed E-state index contributed by atoms with van der Waals surface area (Å²) in [5.41, 5.74) is 4.50. The van der Waals surface area contributed by atoms with Gasteiger partial charge in [-0.05, 0) is 86.7 Å². The highest BCUT2D eigenvalue weighted by atomic mass is 16.5. The molecular formula is C29H32N2O5. The minimum Gasteiger partial charge on any atom is -0.494 e. The van der Waals surface area contributed by atoms with Gasteiger partial charge in [0.1, 0.15) is 17.2 Å². The van der Waals surface area contributed by atoms with Crippen molar-refractivity contribution in [2.45, 2.75) is 33.6 Å². The van der Waals surface area contributed by atoms with Crippen LogP contribution in [0.2, 0.25) is 0 Å². The molecule has 0 atom stereocenters. The molecule has 0 fully saturated rings. The zero-order valence-corrected chi connectivity index (χ0v) is 21.0. The first kappa shape index (κ1) is 25.1. The molecule has 0 saturated heterocycles. The second-order valence-corrected chi connectivity index (χ2v) is 8.92. The largest absolute Gasteiger partial charge is 0.494 e. The van der Waals surface area contributed by atoms with Gasteiger partial charge in [0.2, 0.25) is 0 Å². The number of amides is 2. The predicted octanol–water partition coefficient (Wildman–Crippen LogP) is 5.21. The summed E-state index contributed by atoms with van der Waals surface area (Å²) in [4.78, 5) is 26.8. The van der Waals surface area contributed by atoms with E-state index in [0.717, 1.165) is 35.3 Å². The van der Waals surface area contributed by atoms with Gasteiger partial charge in [-0.1, -0.05) is 24.3 Å². The predicted molar refractivity (Wildman–Crippen MR) is 140 cm³/mol. The molecule has 1 aliphatic heterocycles. The van der Waals surface area contributed by atoms with E-state index in [1.807, 2.05) is 63.2 Å². The van der Waals surface area contributed by atoms with E-state index < -0.39 is 0 Å². The van der Waals surface area contributed by atoms with E-state index in [2.05, 4.69) is 5.32 Å². The Morgan fingerprint density at radius 3 is 2.67 bits per heavy atom. The maximum Gasteiger partial charge on any atom is 0.265 e. The summed E-state index contributed by atoms with van der Waals surface area (Å²) in [6.45, 7) is 7.01. The van der Waals surface area contributed by atoms with Crippen LogP contribution in [-0.2, 0) is 9.59 Å². The van der Waals surface area contributed by atoms with Crippen LogP contribution in [0.3, 0.4) is 0 Å². The molecule has 2 amide bonds. The number of nitrogens with one attached hydrogen (secondary N) is 1. The fourth-order valence-electron chi connectivity index (χ4n) is 4.01. The first-order chi connectivity index (χ1) is 17.4. The molecule has 7 heteroatoms. The summed E-state index contributed by atoms with van der Waals surface area (Å²) < 4.78 is 17.1. The average molecular weight is 489 g/mol. The fraction of sp³-hybridized carbons (Fsp3) is 0.310. The number of carbonyl (C=O) groups is 2. The first-order valence-electron chi connectivity index (χ1n) is 12.2. The minimum atomic E-state index is -0.279. The van der Waals surface area contributed by atoms with Crippen molar-refractivity contribution < 1.29 is 23.8 Å². The minimum absolute atomic E-state index is 0.00216. The molecular weight excluding hydrogens is 456 g/mol. The number of carbonyl (C=O) groups excluding carboxylic acids is 2. The Bertz CT molecular complexity index is 1240. The summed E-state index contributed by atoms with van der Waals surface area (Å²) in [7, 11) is 0. The zero-order chi connectivity index (χ0) is 25.5. The number of benzene rings is 3. The molecule has 1 heterocycles. The Labute approximate surface area is 212 Å². The number of fused-ring (bicyclic) bond motifs is 1. The molecule has 3 aromatic carbocycles. The summed E-state index contributed by atoms with van der Waals surface area (Å²) in [6, 6.07) is 19.0. The number of hydrogen-bond donors (Lipinski definition) is 1. The van der Waals surface area contributed by atoms with Crippen molar-refractivity contribution >= 4 is 23.2 Å². The van der Waals surface area contributed by atoms with Crippen molar-refractivity contribution in [1.82, 2.24) is 0 Å². The van der Waals surface area contributed by atoms with Gasteiger partial charge < -0.3 is 24.4 Å². The van der Waals surface area contributed by atoms with Gasteiger partial charge in [0, 0.05) is 12.2 Å². The van der Waals surface area contributed by atoms with Crippen LogP contribution < -0.4 is 24.4 Å². The Morgan fingerprint density at radius 1 is 1.00 bits per heavy atom. The molecule has 0 unspecified atom stereocenters. The van der Waals surface area contributed by atoms with Crippen molar-refractivity contribution in [1.29, 1.82) is 0 Å². The maximum absolute atomic E-state index is 12.6.